The molecule has 10 heteroatoms. The lowest BCUT2D eigenvalue weighted by atomic mass is 10.1. The summed E-state index contributed by atoms with van der Waals surface area (Å²) in [4.78, 5) is 34.0. The number of phosphoric ester groups is 1. The lowest BCUT2D eigenvalue weighted by Gasteiger charge is -2.15. The van der Waals surface area contributed by atoms with Crippen molar-refractivity contribution >= 4 is 19.7 Å². The lowest BCUT2D eigenvalue weighted by molar-refractivity contribution is -0.147. The first-order chi connectivity index (χ1) is 27.8. The Hall–Kier alpha value is -2.29. The van der Waals surface area contributed by atoms with Crippen LogP contribution in [0, 0.1) is 0 Å². The summed E-state index contributed by atoms with van der Waals surface area (Å²) in [5.41, 5.74) is 0. The van der Waals surface area contributed by atoms with E-state index in [1.807, 2.05) is 0 Å². The van der Waals surface area contributed by atoms with Crippen molar-refractivity contribution in [3.63, 3.8) is 0 Å². The van der Waals surface area contributed by atoms with Crippen molar-refractivity contribution in [3.8, 4) is 0 Å². The van der Waals surface area contributed by atoms with Crippen molar-refractivity contribution < 1.29 is 37.9 Å². The second-order valence-corrected chi connectivity index (χ2v) is 16.5. The van der Waals surface area contributed by atoms with Gasteiger partial charge in [0, 0.05) is 19.4 Å². The molecule has 0 saturated carbocycles. The second kappa shape index (κ2) is 43.3. The first kappa shape index (κ1) is 54.7. The SMILES string of the molecule is CCCCC/C=C\C/C=C\C/C=C\CCCCCCCCC(=O)OCC(O)COP(=O)(O)OCCNC(=O)CCCCCCCCC/C=C\C/C=C\CCCCC. The average Bonchev–Trinajstić information content (AvgIpc) is 3.20. The monoisotopic (exact) mass is 822 g/mol. The van der Waals surface area contributed by atoms with Crippen LogP contribution in [0.3, 0.4) is 0 Å². The molecule has 0 spiro atoms. The Balaban J connectivity index is 3.63. The summed E-state index contributed by atoms with van der Waals surface area (Å²) < 4.78 is 26.9. The molecule has 0 radical (unpaired) electrons. The molecule has 0 aromatic rings. The number of carbonyl (C=O) groups is 2. The molecule has 0 aromatic carbocycles. The smallest absolute Gasteiger partial charge is 0.463 e. The summed E-state index contributed by atoms with van der Waals surface area (Å²) in [5, 5.41) is 12.7. The van der Waals surface area contributed by atoms with Crippen LogP contribution >= 0.6 is 7.82 Å². The third-order valence-corrected chi connectivity index (χ3v) is 10.4. The van der Waals surface area contributed by atoms with Gasteiger partial charge in [-0.15, -0.1) is 0 Å². The van der Waals surface area contributed by atoms with Crippen LogP contribution in [0.25, 0.3) is 0 Å². The summed E-state index contributed by atoms with van der Waals surface area (Å²) in [5.74, 6) is -0.539. The Kier molecular flexibility index (Phi) is 41.6. The van der Waals surface area contributed by atoms with Gasteiger partial charge in [0.25, 0.3) is 0 Å². The van der Waals surface area contributed by atoms with E-state index in [1.165, 1.54) is 89.9 Å². The van der Waals surface area contributed by atoms with Crippen LogP contribution < -0.4 is 5.32 Å². The number of hydrogen-bond acceptors (Lipinski definition) is 7. The van der Waals surface area contributed by atoms with Gasteiger partial charge in [-0.2, -0.15) is 0 Å². The average molecular weight is 822 g/mol. The predicted molar refractivity (Wildman–Crippen MR) is 238 cm³/mol. The summed E-state index contributed by atoms with van der Waals surface area (Å²) in [7, 11) is -4.43. The number of phosphoric acid groups is 1. The Morgan fingerprint density at radius 1 is 0.544 bits per heavy atom. The van der Waals surface area contributed by atoms with Gasteiger partial charge in [-0.05, 0) is 83.5 Å². The molecule has 0 bridgehead atoms. The first-order valence-corrected chi connectivity index (χ1v) is 24.3. The van der Waals surface area contributed by atoms with Crippen LogP contribution in [-0.2, 0) is 27.9 Å². The molecule has 2 unspecified atom stereocenters. The third-order valence-electron chi connectivity index (χ3n) is 9.42. The largest absolute Gasteiger partial charge is 0.472 e. The Bertz CT molecular complexity index is 1120. The third kappa shape index (κ3) is 44.7. The molecule has 0 aliphatic heterocycles. The summed E-state index contributed by atoms with van der Waals surface area (Å²) in [6.45, 7) is 3.48. The van der Waals surface area contributed by atoms with E-state index in [0.717, 1.165) is 77.0 Å². The van der Waals surface area contributed by atoms with Crippen molar-refractivity contribution in [2.24, 2.45) is 0 Å². The number of unbranched alkanes of at least 4 members (excludes halogenated alkanes) is 19. The minimum absolute atomic E-state index is 0.0733. The fourth-order valence-electron chi connectivity index (χ4n) is 5.95. The van der Waals surface area contributed by atoms with Gasteiger partial charge in [-0.1, -0.05) is 158 Å². The summed E-state index contributed by atoms with van der Waals surface area (Å²) >= 11 is 0. The van der Waals surface area contributed by atoms with Gasteiger partial charge in [-0.25, -0.2) is 4.57 Å². The molecule has 0 aromatic heterocycles. The molecule has 0 heterocycles. The lowest BCUT2D eigenvalue weighted by Crippen LogP contribution is -2.27. The van der Waals surface area contributed by atoms with E-state index >= 15 is 0 Å². The van der Waals surface area contributed by atoms with Crippen molar-refractivity contribution in [1.82, 2.24) is 5.32 Å². The predicted octanol–water partition coefficient (Wildman–Crippen LogP) is 12.9. The van der Waals surface area contributed by atoms with E-state index in [0.29, 0.717) is 6.42 Å². The number of nitrogens with one attached hydrogen (secondary N) is 1. The highest BCUT2D eigenvalue weighted by Gasteiger charge is 2.23. The number of aliphatic hydroxyl groups is 1. The molecule has 0 saturated heterocycles. The minimum atomic E-state index is -4.43. The zero-order valence-corrected chi connectivity index (χ0v) is 37.2. The topological polar surface area (TPSA) is 131 Å². The van der Waals surface area contributed by atoms with Crippen LogP contribution in [0.1, 0.15) is 194 Å². The van der Waals surface area contributed by atoms with E-state index < -0.39 is 26.5 Å². The van der Waals surface area contributed by atoms with Crippen LogP contribution in [0.4, 0.5) is 0 Å². The number of allylic oxidation sites excluding steroid dienone is 10. The van der Waals surface area contributed by atoms with Crippen molar-refractivity contribution in [2.45, 2.75) is 200 Å². The molecular weight excluding hydrogens is 737 g/mol. The standard InChI is InChI=1S/C47H84NO8P/c1-3-5-7-9-11-13-15-17-19-21-22-24-26-28-30-32-34-36-38-40-47(51)54-43-45(49)44-56-57(52,53)55-42-41-48-46(50)39-37-35-33-31-29-27-25-23-20-18-16-14-12-10-8-6-4-2/h11-14,17-20,22,24,45,49H,3-10,15-16,21,23,25-44H2,1-2H3,(H,48,50)(H,52,53)/b13-11-,14-12-,19-17-,20-18-,24-22-. The van der Waals surface area contributed by atoms with Gasteiger partial charge in [0.2, 0.25) is 5.91 Å². The molecule has 9 nitrogen and oxygen atoms in total. The number of aliphatic hydroxyl groups excluding tert-OH is 1. The second-order valence-electron chi connectivity index (χ2n) is 15.0. The highest BCUT2D eigenvalue weighted by molar-refractivity contribution is 7.47. The van der Waals surface area contributed by atoms with Gasteiger partial charge in [0.1, 0.15) is 12.7 Å². The zero-order valence-electron chi connectivity index (χ0n) is 36.3. The zero-order chi connectivity index (χ0) is 41.8. The number of ether oxygens (including phenoxy) is 1. The number of rotatable bonds is 42. The van der Waals surface area contributed by atoms with E-state index in [4.69, 9.17) is 13.8 Å². The first-order valence-electron chi connectivity index (χ1n) is 22.8. The molecule has 2 atom stereocenters. The van der Waals surface area contributed by atoms with E-state index in [-0.39, 0.29) is 32.1 Å². The van der Waals surface area contributed by atoms with Crippen molar-refractivity contribution in [3.05, 3.63) is 60.8 Å². The molecule has 57 heavy (non-hydrogen) atoms. The van der Waals surface area contributed by atoms with Gasteiger partial charge in [0.15, 0.2) is 0 Å². The highest BCUT2D eigenvalue weighted by Crippen LogP contribution is 2.42. The molecule has 0 fully saturated rings. The van der Waals surface area contributed by atoms with Gasteiger partial charge < -0.3 is 20.1 Å². The number of carbonyl (C=O) groups excluding carboxylic acids is 2. The van der Waals surface area contributed by atoms with Crippen LogP contribution in [0.15, 0.2) is 60.8 Å². The Morgan fingerprint density at radius 2 is 0.947 bits per heavy atom. The molecular formula is C47H84NO8P. The molecule has 3 N–H and O–H groups in total. The van der Waals surface area contributed by atoms with E-state index in [2.05, 4.69) is 79.9 Å². The Labute approximate surface area is 348 Å². The van der Waals surface area contributed by atoms with Gasteiger partial charge in [0.05, 0.1) is 13.2 Å². The maximum Gasteiger partial charge on any atom is 0.472 e. The van der Waals surface area contributed by atoms with Crippen LogP contribution in [0.5, 0.6) is 0 Å². The normalized spacial score (nSPS) is 13.8. The minimum Gasteiger partial charge on any atom is -0.463 e. The fraction of sp³-hybridized carbons (Fsp3) is 0.745. The maximum absolute atomic E-state index is 12.1. The highest BCUT2D eigenvalue weighted by atomic mass is 31.2. The van der Waals surface area contributed by atoms with Crippen molar-refractivity contribution in [1.29, 1.82) is 0 Å². The summed E-state index contributed by atoms with van der Waals surface area (Å²) in [6, 6.07) is 0. The van der Waals surface area contributed by atoms with Gasteiger partial charge >= 0.3 is 13.8 Å². The number of amides is 1. The van der Waals surface area contributed by atoms with Crippen LogP contribution in [-0.4, -0.2) is 54.3 Å². The quantitative estimate of drug-likeness (QED) is 0.0240. The molecule has 0 aliphatic rings. The fourth-order valence-corrected chi connectivity index (χ4v) is 6.70. The molecule has 0 rings (SSSR count). The van der Waals surface area contributed by atoms with Crippen LogP contribution in [0.2, 0.25) is 0 Å². The molecule has 1 amide bonds. The number of esters is 1. The van der Waals surface area contributed by atoms with Crippen molar-refractivity contribution in [2.75, 3.05) is 26.4 Å². The molecule has 0 aliphatic carbocycles. The van der Waals surface area contributed by atoms with E-state index in [9.17, 15) is 24.2 Å². The summed E-state index contributed by atoms with van der Waals surface area (Å²) in [6.07, 6.45) is 51.4. The van der Waals surface area contributed by atoms with E-state index in [1.54, 1.807) is 0 Å². The van der Waals surface area contributed by atoms with Gasteiger partial charge in [-0.3, -0.25) is 18.6 Å². The maximum atomic E-state index is 12.1. The Morgan fingerprint density at radius 3 is 1.42 bits per heavy atom. The molecule has 330 valence electrons. The number of hydrogen-bond donors (Lipinski definition) is 3.